The number of likely N-dealkylation sites (tertiary alicyclic amines) is 1. The Morgan fingerprint density at radius 2 is 1.83 bits per heavy atom. The number of ether oxygens (including phenoxy) is 1. The average molecular weight is 411 g/mol. The van der Waals surface area contributed by atoms with Crippen molar-refractivity contribution in [1.82, 2.24) is 15.1 Å². The number of unbranched alkanes of at least 4 members (excludes halogenated alkanes) is 3. The Balaban J connectivity index is 2.28. The van der Waals surface area contributed by atoms with Crippen LogP contribution < -0.4 is 5.32 Å². The fraction of sp³-hybridized carbons (Fsp3) is 0.913. The number of aliphatic imine (C=N–C) groups is 1. The van der Waals surface area contributed by atoms with Crippen molar-refractivity contribution in [3.8, 4) is 0 Å². The summed E-state index contributed by atoms with van der Waals surface area (Å²) in [5.74, 6) is 1.73. The lowest BCUT2D eigenvalue weighted by molar-refractivity contribution is -0.154. The molecule has 0 aromatic heterocycles. The Hall–Kier alpha value is -1.30. The summed E-state index contributed by atoms with van der Waals surface area (Å²) < 4.78 is 5.35. The first kappa shape index (κ1) is 25.7. The normalized spacial score (nSPS) is 17.8. The molecule has 0 saturated carbocycles. The molecule has 0 aromatic rings. The maximum absolute atomic E-state index is 11.7. The summed E-state index contributed by atoms with van der Waals surface area (Å²) in [6.45, 7) is 19.8. The van der Waals surface area contributed by atoms with Crippen LogP contribution >= 0.6 is 0 Å². The quantitative estimate of drug-likeness (QED) is 0.229. The van der Waals surface area contributed by atoms with Crippen molar-refractivity contribution in [2.45, 2.75) is 85.7 Å². The minimum Gasteiger partial charge on any atom is -0.460 e. The van der Waals surface area contributed by atoms with Gasteiger partial charge >= 0.3 is 5.97 Å². The summed E-state index contributed by atoms with van der Waals surface area (Å²) >= 11 is 0. The van der Waals surface area contributed by atoms with Crippen LogP contribution in [0.5, 0.6) is 0 Å². The highest BCUT2D eigenvalue weighted by molar-refractivity contribution is 5.80. The zero-order chi connectivity index (χ0) is 21.7. The number of carbonyl (C=O) groups is 1. The number of hydrogen-bond donors (Lipinski definition) is 1. The molecule has 29 heavy (non-hydrogen) atoms. The molecule has 0 bridgehead atoms. The molecule has 1 heterocycles. The van der Waals surface area contributed by atoms with Gasteiger partial charge in [0.2, 0.25) is 0 Å². The fourth-order valence-corrected chi connectivity index (χ4v) is 3.76. The van der Waals surface area contributed by atoms with E-state index in [1.165, 1.54) is 13.0 Å². The summed E-state index contributed by atoms with van der Waals surface area (Å²) in [5.41, 5.74) is -0.381. The molecule has 0 amide bonds. The molecule has 1 fully saturated rings. The molecule has 1 N–H and O–H groups in total. The molecule has 170 valence electrons. The number of esters is 1. The Morgan fingerprint density at radius 3 is 2.45 bits per heavy atom. The molecule has 0 radical (unpaired) electrons. The van der Waals surface area contributed by atoms with Crippen molar-refractivity contribution < 1.29 is 9.53 Å². The van der Waals surface area contributed by atoms with Crippen LogP contribution in [0.3, 0.4) is 0 Å². The molecule has 1 aliphatic rings. The van der Waals surface area contributed by atoms with Crippen molar-refractivity contribution in [3.63, 3.8) is 0 Å². The lowest BCUT2D eigenvalue weighted by atomic mass is 10.1. The SMILES string of the molecule is CCNC(=NCCCCCCC(=O)OC(C)(C)C)N1CCC(CN(CC)CC)C1. The Labute approximate surface area is 179 Å². The zero-order valence-corrected chi connectivity index (χ0v) is 19.9. The number of nitrogens with zero attached hydrogens (tertiary/aromatic N) is 3. The third-order valence-electron chi connectivity index (χ3n) is 5.30. The van der Waals surface area contributed by atoms with Crippen molar-refractivity contribution in [3.05, 3.63) is 0 Å². The summed E-state index contributed by atoms with van der Waals surface area (Å²) in [4.78, 5) is 21.5. The molecule has 1 rings (SSSR count). The van der Waals surface area contributed by atoms with Gasteiger partial charge in [0, 0.05) is 39.1 Å². The summed E-state index contributed by atoms with van der Waals surface area (Å²) in [6, 6.07) is 0. The van der Waals surface area contributed by atoms with E-state index in [0.717, 1.165) is 76.8 Å². The highest BCUT2D eigenvalue weighted by atomic mass is 16.6. The maximum atomic E-state index is 11.7. The van der Waals surface area contributed by atoms with Crippen molar-refractivity contribution in [1.29, 1.82) is 0 Å². The van der Waals surface area contributed by atoms with Crippen LogP contribution in [0, 0.1) is 5.92 Å². The van der Waals surface area contributed by atoms with E-state index < -0.39 is 0 Å². The number of nitrogens with one attached hydrogen (secondary N) is 1. The number of hydrogen-bond acceptors (Lipinski definition) is 4. The van der Waals surface area contributed by atoms with Gasteiger partial charge in [-0.3, -0.25) is 9.79 Å². The molecule has 0 aromatic carbocycles. The van der Waals surface area contributed by atoms with E-state index in [1.807, 2.05) is 20.8 Å². The molecule has 1 atom stereocenters. The Kier molecular flexibility index (Phi) is 12.3. The summed E-state index contributed by atoms with van der Waals surface area (Å²) in [5, 5.41) is 3.47. The molecule has 0 spiro atoms. The van der Waals surface area contributed by atoms with Gasteiger partial charge in [-0.2, -0.15) is 0 Å². The van der Waals surface area contributed by atoms with Crippen molar-refractivity contribution in [2.75, 3.05) is 45.8 Å². The van der Waals surface area contributed by atoms with Gasteiger partial charge in [0.25, 0.3) is 0 Å². The molecule has 1 aliphatic heterocycles. The van der Waals surface area contributed by atoms with Gasteiger partial charge in [-0.15, -0.1) is 0 Å². The van der Waals surface area contributed by atoms with Gasteiger partial charge in [-0.1, -0.05) is 26.7 Å². The first-order chi connectivity index (χ1) is 13.8. The van der Waals surface area contributed by atoms with Gasteiger partial charge in [0.05, 0.1) is 0 Å². The average Bonchev–Trinajstić information content (AvgIpc) is 3.11. The number of carbonyl (C=O) groups excluding carboxylic acids is 1. The predicted molar refractivity (Wildman–Crippen MR) is 122 cm³/mol. The van der Waals surface area contributed by atoms with Crippen LogP contribution in [0.25, 0.3) is 0 Å². The van der Waals surface area contributed by atoms with Crippen molar-refractivity contribution >= 4 is 11.9 Å². The van der Waals surface area contributed by atoms with Crippen LogP contribution in [-0.2, 0) is 9.53 Å². The van der Waals surface area contributed by atoms with E-state index in [9.17, 15) is 4.79 Å². The van der Waals surface area contributed by atoms with E-state index in [4.69, 9.17) is 9.73 Å². The predicted octanol–water partition coefficient (Wildman–Crippen LogP) is 3.91. The van der Waals surface area contributed by atoms with Crippen LogP contribution in [0.1, 0.15) is 80.1 Å². The lowest BCUT2D eigenvalue weighted by Gasteiger charge is -2.24. The molecular formula is C23H46N4O2. The van der Waals surface area contributed by atoms with E-state index >= 15 is 0 Å². The lowest BCUT2D eigenvalue weighted by Crippen LogP contribution is -2.41. The highest BCUT2D eigenvalue weighted by Gasteiger charge is 2.25. The van der Waals surface area contributed by atoms with Gasteiger partial charge < -0.3 is 19.9 Å². The zero-order valence-electron chi connectivity index (χ0n) is 19.9. The van der Waals surface area contributed by atoms with Gasteiger partial charge in [-0.25, -0.2) is 0 Å². The second kappa shape index (κ2) is 13.8. The van der Waals surface area contributed by atoms with E-state index in [-0.39, 0.29) is 11.6 Å². The second-order valence-corrected chi connectivity index (χ2v) is 9.07. The van der Waals surface area contributed by atoms with Crippen LogP contribution in [0.15, 0.2) is 4.99 Å². The van der Waals surface area contributed by atoms with Crippen LogP contribution in [0.4, 0.5) is 0 Å². The van der Waals surface area contributed by atoms with Crippen LogP contribution in [0.2, 0.25) is 0 Å². The second-order valence-electron chi connectivity index (χ2n) is 9.07. The third-order valence-corrected chi connectivity index (χ3v) is 5.30. The number of rotatable bonds is 12. The van der Waals surface area contributed by atoms with E-state index in [1.54, 1.807) is 0 Å². The molecule has 6 nitrogen and oxygen atoms in total. The fourth-order valence-electron chi connectivity index (χ4n) is 3.76. The molecule has 1 unspecified atom stereocenters. The van der Waals surface area contributed by atoms with Gasteiger partial charge in [0.1, 0.15) is 5.60 Å². The maximum Gasteiger partial charge on any atom is 0.306 e. The summed E-state index contributed by atoms with van der Waals surface area (Å²) in [7, 11) is 0. The third kappa shape index (κ3) is 11.5. The topological polar surface area (TPSA) is 57.2 Å². The minimum atomic E-state index is -0.381. The van der Waals surface area contributed by atoms with Gasteiger partial charge in [0.15, 0.2) is 5.96 Å². The van der Waals surface area contributed by atoms with Gasteiger partial charge in [-0.05, 0) is 66.0 Å². The van der Waals surface area contributed by atoms with Crippen molar-refractivity contribution in [2.24, 2.45) is 10.9 Å². The number of guanidine groups is 1. The Bertz CT molecular complexity index is 484. The monoisotopic (exact) mass is 410 g/mol. The largest absolute Gasteiger partial charge is 0.460 e. The standard InChI is InChI=1S/C23H46N4O2/c1-7-24-22(27-17-15-20(19-27)18-26(8-2)9-3)25-16-13-11-10-12-14-21(28)29-23(4,5)6/h20H,7-19H2,1-6H3,(H,24,25). The first-order valence-electron chi connectivity index (χ1n) is 11.8. The van der Waals surface area contributed by atoms with E-state index in [0.29, 0.717) is 6.42 Å². The smallest absolute Gasteiger partial charge is 0.306 e. The minimum absolute atomic E-state index is 0.0850. The first-order valence-corrected chi connectivity index (χ1v) is 11.8. The van der Waals surface area contributed by atoms with E-state index in [2.05, 4.69) is 35.9 Å². The molecule has 6 heteroatoms. The highest BCUT2D eigenvalue weighted by Crippen LogP contribution is 2.18. The summed E-state index contributed by atoms with van der Waals surface area (Å²) in [6.07, 6.45) is 5.91. The molecular weight excluding hydrogens is 364 g/mol. The molecule has 0 aliphatic carbocycles. The Morgan fingerprint density at radius 1 is 1.14 bits per heavy atom. The van der Waals surface area contributed by atoms with Crippen LogP contribution in [-0.4, -0.2) is 73.1 Å². The molecule has 1 saturated heterocycles.